The number of nitrogens with zero attached hydrogens (tertiary/aromatic N) is 5. The zero-order valence-corrected chi connectivity index (χ0v) is 12.9. The van der Waals surface area contributed by atoms with Gasteiger partial charge in [-0.2, -0.15) is 8.78 Å². The predicted molar refractivity (Wildman–Crippen MR) is 81.2 cm³/mol. The fourth-order valence-electron chi connectivity index (χ4n) is 2.02. The third-order valence-electron chi connectivity index (χ3n) is 3.26. The van der Waals surface area contributed by atoms with Crippen molar-refractivity contribution >= 4 is 5.95 Å². The van der Waals surface area contributed by atoms with Gasteiger partial charge in [0.05, 0.1) is 16.8 Å². The van der Waals surface area contributed by atoms with Crippen LogP contribution in [-0.4, -0.2) is 25.1 Å². The van der Waals surface area contributed by atoms with Crippen LogP contribution < -0.4 is 5.32 Å². The van der Waals surface area contributed by atoms with E-state index in [1.807, 2.05) is 32.0 Å². The maximum Gasteiger partial charge on any atom is 0.314 e. The number of anilines is 1. The molecule has 3 rings (SSSR count). The molecule has 3 aromatic heterocycles. The van der Waals surface area contributed by atoms with Crippen LogP contribution in [0.5, 0.6) is 0 Å². The molecule has 0 amide bonds. The van der Waals surface area contributed by atoms with E-state index in [4.69, 9.17) is 4.42 Å². The molecular formula is C15H14F2N6O. The minimum absolute atomic E-state index is 0.0548. The molecular weight excluding hydrogens is 318 g/mol. The molecule has 0 atom stereocenters. The van der Waals surface area contributed by atoms with Crippen LogP contribution in [0.15, 0.2) is 41.2 Å². The summed E-state index contributed by atoms with van der Waals surface area (Å²) in [7, 11) is 0. The van der Waals surface area contributed by atoms with Crippen molar-refractivity contribution in [2.75, 3.05) is 5.32 Å². The minimum Gasteiger partial charge on any atom is -0.415 e. The van der Waals surface area contributed by atoms with E-state index in [0.29, 0.717) is 11.5 Å². The van der Waals surface area contributed by atoms with Crippen LogP contribution in [-0.2, 0) is 5.54 Å². The summed E-state index contributed by atoms with van der Waals surface area (Å²) in [6, 6.07) is 5.63. The van der Waals surface area contributed by atoms with Gasteiger partial charge in [0, 0.05) is 18.6 Å². The minimum atomic E-state index is -2.81. The molecule has 24 heavy (non-hydrogen) atoms. The third-order valence-corrected chi connectivity index (χ3v) is 3.26. The van der Waals surface area contributed by atoms with Gasteiger partial charge in [0.25, 0.3) is 11.8 Å². The maximum absolute atomic E-state index is 12.5. The SMILES string of the molecule is CC(C)(Nc1ncc(-c2nnc(C(F)F)o2)cn1)c1ccccn1. The lowest BCUT2D eigenvalue weighted by molar-refractivity contribution is 0.116. The Morgan fingerprint density at radius 2 is 1.83 bits per heavy atom. The molecule has 0 saturated heterocycles. The maximum atomic E-state index is 12.5. The van der Waals surface area contributed by atoms with Gasteiger partial charge in [-0.3, -0.25) is 4.98 Å². The Morgan fingerprint density at radius 1 is 1.08 bits per heavy atom. The van der Waals surface area contributed by atoms with Gasteiger partial charge >= 0.3 is 6.43 Å². The van der Waals surface area contributed by atoms with Crippen LogP contribution in [0.4, 0.5) is 14.7 Å². The molecule has 3 heterocycles. The molecule has 0 aliphatic carbocycles. The Labute approximate surface area is 136 Å². The Bertz CT molecular complexity index is 804. The molecule has 3 aromatic rings. The van der Waals surface area contributed by atoms with E-state index < -0.39 is 17.9 Å². The number of hydrogen-bond acceptors (Lipinski definition) is 7. The molecule has 0 aromatic carbocycles. The van der Waals surface area contributed by atoms with E-state index in [1.54, 1.807) is 6.20 Å². The van der Waals surface area contributed by atoms with Crippen molar-refractivity contribution in [3.63, 3.8) is 0 Å². The molecule has 0 saturated carbocycles. The predicted octanol–water partition coefficient (Wildman–Crippen LogP) is 3.21. The largest absolute Gasteiger partial charge is 0.415 e. The summed E-state index contributed by atoms with van der Waals surface area (Å²) in [6.45, 7) is 3.89. The topological polar surface area (TPSA) is 89.6 Å². The molecule has 0 bridgehead atoms. The van der Waals surface area contributed by atoms with Gasteiger partial charge in [-0.15, -0.1) is 10.2 Å². The lowest BCUT2D eigenvalue weighted by atomic mass is 10.0. The van der Waals surface area contributed by atoms with Crippen LogP contribution >= 0.6 is 0 Å². The zero-order valence-electron chi connectivity index (χ0n) is 12.9. The normalized spacial score (nSPS) is 11.7. The summed E-state index contributed by atoms with van der Waals surface area (Å²) < 4.78 is 29.8. The first-order valence-corrected chi connectivity index (χ1v) is 7.09. The summed E-state index contributed by atoms with van der Waals surface area (Å²) in [4.78, 5) is 12.6. The van der Waals surface area contributed by atoms with Crippen LogP contribution in [0.2, 0.25) is 0 Å². The van der Waals surface area contributed by atoms with Crippen molar-refractivity contribution in [1.82, 2.24) is 25.1 Å². The average molecular weight is 332 g/mol. The molecule has 0 fully saturated rings. The lowest BCUT2D eigenvalue weighted by Gasteiger charge is -2.25. The number of rotatable bonds is 5. The van der Waals surface area contributed by atoms with Crippen molar-refractivity contribution in [2.45, 2.75) is 25.8 Å². The van der Waals surface area contributed by atoms with Gasteiger partial charge in [-0.25, -0.2) is 9.97 Å². The summed E-state index contributed by atoms with van der Waals surface area (Å²) in [5.74, 6) is -0.424. The molecule has 0 aliphatic rings. The van der Waals surface area contributed by atoms with Gasteiger partial charge in [0.15, 0.2) is 0 Å². The first-order chi connectivity index (χ1) is 11.5. The highest BCUT2D eigenvalue weighted by Crippen LogP contribution is 2.24. The molecule has 1 N–H and O–H groups in total. The van der Waals surface area contributed by atoms with Crippen LogP contribution in [0.25, 0.3) is 11.5 Å². The fraction of sp³-hybridized carbons (Fsp3) is 0.267. The molecule has 0 radical (unpaired) electrons. The highest BCUT2D eigenvalue weighted by molar-refractivity contribution is 5.50. The summed E-state index contributed by atoms with van der Waals surface area (Å²) in [5.41, 5.74) is 0.697. The van der Waals surface area contributed by atoms with E-state index in [2.05, 4.69) is 30.5 Å². The highest BCUT2D eigenvalue weighted by Gasteiger charge is 2.23. The monoisotopic (exact) mass is 332 g/mol. The third kappa shape index (κ3) is 3.34. The van der Waals surface area contributed by atoms with Crippen molar-refractivity contribution in [2.24, 2.45) is 0 Å². The van der Waals surface area contributed by atoms with Gasteiger partial charge in [0.2, 0.25) is 5.95 Å². The van der Waals surface area contributed by atoms with E-state index in [0.717, 1.165) is 5.69 Å². The van der Waals surface area contributed by atoms with E-state index >= 15 is 0 Å². The second-order valence-electron chi connectivity index (χ2n) is 5.51. The summed E-state index contributed by atoms with van der Waals surface area (Å²) in [5, 5.41) is 9.99. The lowest BCUT2D eigenvalue weighted by Crippen LogP contribution is -2.30. The first kappa shape index (κ1) is 15.9. The number of halogens is 2. The number of alkyl halides is 2. The number of nitrogens with one attached hydrogen (secondary N) is 1. The number of hydrogen-bond donors (Lipinski definition) is 1. The Morgan fingerprint density at radius 3 is 2.42 bits per heavy atom. The quantitative estimate of drug-likeness (QED) is 0.767. The van der Waals surface area contributed by atoms with Crippen molar-refractivity contribution < 1.29 is 13.2 Å². The van der Waals surface area contributed by atoms with Crippen LogP contribution in [0.1, 0.15) is 31.9 Å². The highest BCUT2D eigenvalue weighted by atomic mass is 19.3. The first-order valence-electron chi connectivity index (χ1n) is 7.09. The molecule has 124 valence electrons. The van der Waals surface area contributed by atoms with Crippen LogP contribution in [0, 0.1) is 0 Å². The van der Waals surface area contributed by atoms with E-state index in [1.165, 1.54) is 12.4 Å². The van der Waals surface area contributed by atoms with E-state index in [9.17, 15) is 8.78 Å². The van der Waals surface area contributed by atoms with E-state index in [-0.39, 0.29) is 5.89 Å². The number of pyridine rings is 1. The second kappa shape index (κ2) is 6.26. The Kier molecular flexibility index (Phi) is 4.15. The summed E-state index contributed by atoms with van der Waals surface area (Å²) in [6.07, 6.45) is 1.74. The average Bonchev–Trinajstić information content (AvgIpc) is 3.06. The van der Waals surface area contributed by atoms with Gasteiger partial charge in [-0.1, -0.05) is 6.07 Å². The second-order valence-corrected chi connectivity index (χ2v) is 5.51. The summed E-state index contributed by atoms with van der Waals surface area (Å²) >= 11 is 0. The zero-order chi connectivity index (χ0) is 17.2. The number of aromatic nitrogens is 5. The molecule has 9 heteroatoms. The Balaban J connectivity index is 1.77. The molecule has 0 unspecified atom stereocenters. The van der Waals surface area contributed by atoms with Crippen molar-refractivity contribution in [3.8, 4) is 11.5 Å². The molecule has 7 nitrogen and oxygen atoms in total. The Hall–Kier alpha value is -2.97. The van der Waals surface area contributed by atoms with Crippen LogP contribution in [0.3, 0.4) is 0 Å². The standard InChI is InChI=1S/C15H14F2N6O/c1-15(2,10-5-3-4-6-18-10)21-14-19-7-9(8-20-14)12-22-23-13(24-12)11(16)17/h3-8,11H,1-2H3,(H,19,20,21). The fourth-order valence-corrected chi connectivity index (χ4v) is 2.02. The van der Waals surface area contributed by atoms with Crippen molar-refractivity contribution in [3.05, 3.63) is 48.4 Å². The molecule has 0 spiro atoms. The van der Waals surface area contributed by atoms with Gasteiger partial charge in [0.1, 0.15) is 0 Å². The van der Waals surface area contributed by atoms with Gasteiger partial charge in [-0.05, 0) is 26.0 Å². The molecule has 0 aliphatic heterocycles. The smallest absolute Gasteiger partial charge is 0.314 e. The van der Waals surface area contributed by atoms with Gasteiger partial charge < -0.3 is 9.73 Å². The van der Waals surface area contributed by atoms with Crippen molar-refractivity contribution in [1.29, 1.82) is 0 Å².